The number of anilines is 1. The first-order valence-corrected chi connectivity index (χ1v) is 11.5. The van der Waals surface area contributed by atoms with Crippen LogP contribution in [0.3, 0.4) is 0 Å². The van der Waals surface area contributed by atoms with Crippen molar-refractivity contribution in [2.45, 2.75) is 26.0 Å². The molecule has 0 aliphatic carbocycles. The van der Waals surface area contributed by atoms with Gasteiger partial charge in [-0.05, 0) is 30.7 Å². The molecule has 1 fully saturated rings. The van der Waals surface area contributed by atoms with E-state index in [0.717, 1.165) is 36.2 Å². The molecule has 2 aliphatic heterocycles. The number of benzene rings is 2. The summed E-state index contributed by atoms with van der Waals surface area (Å²) in [6.45, 7) is 5.98. The Morgan fingerprint density at radius 3 is 2.67 bits per heavy atom. The molecular formula is C26H28N4O3. The van der Waals surface area contributed by atoms with Crippen molar-refractivity contribution in [3.63, 3.8) is 0 Å². The Labute approximate surface area is 193 Å². The van der Waals surface area contributed by atoms with Gasteiger partial charge in [0, 0.05) is 57.3 Å². The summed E-state index contributed by atoms with van der Waals surface area (Å²) in [4.78, 5) is 36.1. The van der Waals surface area contributed by atoms with Gasteiger partial charge in [0.15, 0.2) is 6.10 Å². The molecule has 7 heteroatoms. The SMILES string of the molecule is CC1Oc2ccccc2N(CCC(=O)N2CCN(Cc3cccc4cccnc34)CC2)C1=O. The highest BCUT2D eigenvalue weighted by molar-refractivity contribution is 6.00. The first-order chi connectivity index (χ1) is 16.1. The summed E-state index contributed by atoms with van der Waals surface area (Å²) in [7, 11) is 0. The number of piperazine rings is 1. The molecule has 0 saturated carbocycles. The molecule has 1 atom stereocenters. The molecule has 0 bridgehead atoms. The number of carbonyl (C=O) groups excluding carboxylic acids is 2. The fourth-order valence-electron chi connectivity index (χ4n) is 4.65. The van der Waals surface area contributed by atoms with Gasteiger partial charge in [-0.2, -0.15) is 0 Å². The van der Waals surface area contributed by atoms with Gasteiger partial charge >= 0.3 is 0 Å². The van der Waals surface area contributed by atoms with Crippen molar-refractivity contribution in [1.82, 2.24) is 14.8 Å². The van der Waals surface area contributed by atoms with E-state index in [1.54, 1.807) is 11.8 Å². The monoisotopic (exact) mass is 444 g/mol. The van der Waals surface area contributed by atoms with Crippen LogP contribution < -0.4 is 9.64 Å². The van der Waals surface area contributed by atoms with Crippen LogP contribution in [0.5, 0.6) is 5.75 Å². The zero-order valence-electron chi connectivity index (χ0n) is 18.8. The Morgan fingerprint density at radius 1 is 1.03 bits per heavy atom. The molecule has 0 N–H and O–H groups in total. The van der Waals surface area contributed by atoms with Gasteiger partial charge in [-0.3, -0.25) is 19.5 Å². The lowest BCUT2D eigenvalue weighted by molar-refractivity contribution is -0.133. The van der Waals surface area contributed by atoms with Crippen molar-refractivity contribution < 1.29 is 14.3 Å². The highest BCUT2D eigenvalue weighted by atomic mass is 16.5. The first kappa shape index (κ1) is 21.4. The average Bonchev–Trinajstić information content (AvgIpc) is 2.85. The van der Waals surface area contributed by atoms with Crippen LogP contribution >= 0.6 is 0 Å². The van der Waals surface area contributed by atoms with Crippen molar-refractivity contribution in [3.8, 4) is 5.75 Å². The van der Waals surface area contributed by atoms with Crippen molar-refractivity contribution in [1.29, 1.82) is 0 Å². The predicted molar refractivity (Wildman–Crippen MR) is 127 cm³/mol. The number of hydrogen-bond donors (Lipinski definition) is 0. The number of ether oxygens (including phenoxy) is 1. The Balaban J connectivity index is 1.16. The van der Waals surface area contributed by atoms with E-state index in [-0.39, 0.29) is 11.8 Å². The van der Waals surface area contributed by atoms with E-state index < -0.39 is 6.10 Å². The van der Waals surface area contributed by atoms with Gasteiger partial charge < -0.3 is 14.5 Å². The van der Waals surface area contributed by atoms with Crippen LogP contribution in [0.2, 0.25) is 0 Å². The van der Waals surface area contributed by atoms with Crippen LogP contribution in [0.15, 0.2) is 60.8 Å². The topological polar surface area (TPSA) is 66.0 Å². The van der Waals surface area contributed by atoms with Gasteiger partial charge in [-0.1, -0.05) is 36.4 Å². The van der Waals surface area contributed by atoms with Gasteiger partial charge in [0.1, 0.15) is 5.75 Å². The zero-order valence-corrected chi connectivity index (χ0v) is 18.8. The van der Waals surface area contributed by atoms with E-state index in [1.807, 2.05) is 41.4 Å². The van der Waals surface area contributed by atoms with Crippen LogP contribution in [0.25, 0.3) is 10.9 Å². The van der Waals surface area contributed by atoms with E-state index in [9.17, 15) is 9.59 Å². The van der Waals surface area contributed by atoms with Crippen LogP contribution in [-0.2, 0) is 16.1 Å². The lowest BCUT2D eigenvalue weighted by atomic mass is 10.1. The molecule has 0 radical (unpaired) electrons. The summed E-state index contributed by atoms with van der Waals surface area (Å²) < 4.78 is 5.69. The molecule has 170 valence electrons. The summed E-state index contributed by atoms with van der Waals surface area (Å²) in [5.74, 6) is 0.675. The zero-order chi connectivity index (χ0) is 22.8. The normalized spacial score (nSPS) is 18.8. The fraction of sp³-hybridized carbons (Fsp3) is 0.346. The Kier molecular flexibility index (Phi) is 5.96. The standard InChI is InChI=1S/C26H28N4O3/c1-19-26(32)30(22-9-2-3-10-23(22)33-19)13-11-24(31)29-16-14-28(15-17-29)18-21-7-4-6-20-8-5-12-27-25(20)21/h2-10,12,19H,11,13-18H2,1H3. The lowest BCUT2D eigenvalue weighted by Crippen LogP contribution is -2.50. The fourth-order valence-corrected chi connectivity index (χ4v) is 4.65. The molecule has 0 spiro atoms. The predicted octanol–water partition coefficient (Wildman–Crippen LogP) is 3.08. The maximum Gasteiger partial charge on any atom is 0.267 e. The van der Waals surface area contributed by atoms with E-state index in [0.29, 0.717) is 31.8 Å². The summed E-state index contributed by atoms with van der Waals surface area (Å²) in [6.07, 6.45) is 1.60. The van der Waals surface area contributed by atoms with Crippen LogP contribution in [0.1, 0.15) is 18.9 Å². The molecule has 2 aromatic carbocycles. The van der Waals surface area contributed by atoms with Gasteiger partial charge in [0.05, 0.1) is 11.2 Å². The van der Waals surface area contributed by atoms with Crippen molar-refractivity contribution >= 4 is 28.4 Å². The van der Waals surface area contributed by atoms with E-state index in [1.165, 1.54) is 5.56 Å². The molecule has 2 amide bonds. The number of aromatic nitrogens is 1. The minimum absolute atomic E-state index is 0.0888. The van der Waals surface area contributed by atoms with E-state index in [4.69, 9.17) is 4.74 Å². The number of amides is 2. The average molecular weight is 445 g/mol. The Bertz CT molecular complexity index is 1170. The summed E-state index contributed by atoms with van der Waals surface area (Å²) >= 11 is 0. The molecule has 33 heavy (non-hydrogen) atoms. The smallest absolute Gasteiger partial charge is 0.267 e. The molecule has 1 aromatic heterocycles. The number of para-hydroxylation sites is 3. The highest BCUT2D eigenvalue weighted by Gasteiger charge is 2.32. The van der Waals surface area contributed by atoms with E-state index >= 15 is 0 Å². The Morgan fingerprint density at radius 2 is 1.82 bits per heavy atom. The molecule has 1 unspecified atom stereocenters. The second-order valence-electron chi connectivity index (χ2n) is 8.62. The van der Waals surface area contributed by atoms with Gasteiger partial charge in [-0.15, -0.1) is 0 Å². The molecule has 3 aromatic rings. The lowest BCUT2D eigenvalue weighted by Gasteiger charge is -2.36. The number of nitrogens with zero attached hydrogens (tertiary/aromatic N) is 4. The largest absolute Gasteiger partial charge is 0.479 e. The molecule has 3 heterocycles. The number of fused-ring (bicyclic) bond motifs is 2. The Hall–Kier alpha value is -3.45. The number of hydrogen-bond acceptors (Lipinski definition) is 5. The molecule has 5 rings (SSSR count). The third kappa shape index (κ3) is 4.41. The highest BCUT2D eigenvalue weighted by Crippen LogP contribution is 2.33. The van der Waals surface area contributed by atoms with E-state index in [2.05, 4.69) is 34.1 Å². The molecule has 1 saturated heterocycles. The maximum atomic E-state index is 12.9. The van der Waals surface area contributed by atoms with Crippen molar-refractivity contribution in [3.05, 3.63) is 66.4 Å². The summed E-state index contributed by atoms with van der Waals surface area (Å²) in [5, 5.41) is 1.15. The minimum Gasteiger partial charge on any atom is -0.479 e. The molecule has 2 aliphatic rings. The summed E-state index contributed by atoms with van der Waals surface area (Å²) in [6, 6.07) is 17.8. The van der Waals surface area contributed by atoms with Crippen LogP contribution in [0.4, 0.5) is 5.69 Å². The van der Waals surface area contributed by atoms with Gasteiger partial charge in [-0.25, -0.2) is 0 Å². The first-order valence-electron chi connectivity index (χ1n) is 11.5. The third-order valence-corrected chi connectivity index (χ3v) is 6.46. The van der Waals surface area contributed by atoms with Gasteiger partial charge in [0.25, 0.3) is 5.91 Å². The quantitative estimate of drug-likeness (QED) is 0.605. The molecule has 7 nitrogen and oxygen atoms in total. The van der Waals surface area contributed by atoms with Crippen molar-refractivity contribution in [2.24, 2.45) is 0 Å². The van der Waals surface area contributed by atoms with Crippen LogP contribution in [0, 0.1) is 0 Å². The van der Waals surface area contributed by atoms with Gasteiger partial charge in [0.2, 0.25) is 5.91 Å². The number of carbonyl (C=O) groups is 2. The van der Waals surface area contributed by atoms with Crippen LogP contribution in [-0.4, -0.2) is 65.4 Å². The molecular weight excluding hydrogens is 416 g/mol. The minimum atomic E-state index is -0.540. The number of pyridine rings is 1. The second-order valence-corrected chi connectivity index (χ2v) is 8.62. The maximum absolute atomic E-state index is 12.9. The summed E-state index contributed by atoms with van der Waals surface area (Å²) in [5.41, 5.74) is 3.00. The number of rotatable bonds is 5. The second kappa shape index (κ2) is 9.19. The third-order valence-electron chi connectivity index (χ3n) is 6.46. The van der Waals surface area contributed by atoms with Crippen molar-refractivity contribution in [2.75, 3.05) is 37.6 Å².